The quantitative estimate of drug-likeness (QED) is 0.279. The number of hydrogen-bond donors (Lipinski definition) is 1. The highest BCUT2D eigenvalue weighted by Gasteiger charge is 2.27. The molecule has 0 atom stereocenters. The second kappa shape index (κ2) is 9.20. The van der Waals surface area contributed by atoms with Crippen LogP contribution < -0.4 is 9.62 Å². The first-order chi connectivity index (χ1) is 17.5. The Labute approximate surface area is 214 Å². The van der Waals surface area contributed by atoms with Crippen LogP contribution in [0.4, 0.5) is 11.6 Å². The first-order valence-electron chi connectivity index (χ1n) is 11.8. The summed E-state index contributed by atoms with van der Waals surface area (Å²) in [4.78, 5) is 14.5. The Kier molecular flexibility index (Phi) is 5.87. The molecule has 36 heavy (non-hydrogen) atoms. The van der Waals surface area contributed by atoms with Crippen LogP contribution in [-0.2, 0) is 10.0 Å². The van der Waals surface area contributed by atoms with Crippen LogP contribution in [-0.4, -0.2) is 31.5 Å². The fraction of sp³-hybridized carbons (Fsp3) is 0.143. The number of hydrogen-bond acceptors (Lipinski definition) is 6. The number of aryl methyl sites for hydroxylation is 1. The Bertz CT molecular complexity index is 1620. The summed E-state index contributed by atoms with van der Waals surface area (Å²) in [5.41, 5.74) is 2.87. The third kappa shape index (κ3) is 4.32. The lowest BCUT2D eigenvalue weighted by Crippen LogP contribution is -2.30. The molecule has 0 bridgehead atoms. The van der Waals surface area contributed by atoms with Crippen molar-refractivity contribution in [3.8, 4) is 0 Å². The number of nitrogens with zero attached hydrogens (tertiary/aromatic N) is 3. The van der Waals surface area contributed by atoms with Crippen LogP contribution in [0.5, 0.6) is 0 Å². The van der Waals surface area contributed by atoms with Crippen molar-refractivity contribution in [1.29, 1.82) is 0 Å². The Morgan fingerprint density at radius 2 is 1.36 bits per heavy atom. The van der Waals surface area contributed by atoms with Crippen molar-refractivity contribution < 1.29 is 8.42 Å². The van der Waals surface area contributed by atoms with Gasteiger partial charge < -0.3 is 4.90 Å². The fourth-order valence-electron chi connectivity index (χ4n) is 4.38. The number of rotatable bonds is 6. The van der Waals surface area contributed by atoms with E-state index in [1.54, 1.807) is 36.0 Å². The first kappa shape index (κ1) is 23.0. The smallest absolute Gasteiger partial charge is 0.240 e. The van der Waals surface area contributed by atoms with Crippen molar-refractivity contribution in [2.45, 2.75) is 28.0 Å². The number of anilines is 2. The minimum absolute atomic E-state index is 0.277. The van der Waals surface area contributed by atoms with Gasteiger partial charge in [0.15, 0.2) is 0 Å². The van der Waals surface area contributed by atoms with E-state index in [0.717, 1.165) is 48.8 Å². The van der Waals surface area contributed by atoms with Crippen LogP contribution in [0.15, 0.2) is 99.6 Å². The van der Waals surface area contributed by atoms with Crippen LogP contribution in [0.3, 0.4) is 0 Å². The number of benzene rings is 3. The summed E-state index contributed by atoms with van der Waals surface area (Å²) in [7, 11) is -3.56. The Hall–Kier alpha value is -3.46. The lowest BCUT2D eigenvalue weighted by Gasteiger charge is -2.31. The van der Waals surface area contributed by atoms with Gasteiger partial charge in [-0.2, -0.15) is 0 Å². The Morgan fingerprint density at radius 3 is 1.94 bits per heavy atom. The van der Waals surface area contributed by atoms with Crippen LogP contribution in [0, 0.1) is 6.92 Å². The number of pyridine rings is 2. The highest BCUT2D eigenvalue weighted by Crippen LogP contribution is 2.48. The fourth-order valence-corrected chi connectivity index (χ4v) is 6.56. The van der Waals surface area contributed by atoms with Crippen molar-refractivity contribution in [2.75, 3.05) is 18.0 Å². The summed E-state index contributed by atoms with van der Waals surface area (Å²) >= 11 is 1.68. The molecule has 5 aromatic rings. The molecule has 1 aliphatic rings. The SMILES string of the molecule is Cc1ccc(S(=O)(=O)NCCCN2c3nc4ccccc4cc3Sc3cc4ccccc4nc32)cc1. The second-order valence-electron chi connectivity index (χ2n) is 8.82. The van der Waals surface area contributed by atoms with Gasteiger partial charge in [-0.25, -0.2) is 23.1 Å². The minimum Gasteiger partial charge on any atom is -0.309 e. The lowest BCUT2D eigenvalue weighted by molar-refractivity contribution is 0.579. The molecule has 1 N–H and O–H groups in total. The van der Waals surface area contributed by atoms with Crippen LogP contribution in [0.2, 0.25) is 0 Å². The van der Waals surface area contributed by atoms with E-state index in [9.17, 15) is 8.42 Å². The maximum absolute atomic E-state index is 12.7. The normalized spacial score (nSPS) is 13.1. The van der Waals surface area contributed by atoms with Crippen molar-refractivity contribution in [3.63, 3.8) is 0 Å². The first-order valence-corrected chi connectivity index (χ1v) is 14.1. The highest BCUT2D eigenvalue weighted by atomic mass is 32.2. The Morgan fingerprint density at radius 1 is 0.806 bits per heavy atom. The molecule has 0 amide bonds. The lowest BCUT2D eigenvalue weighted by atomic mass is 10.2. The third-order valence-electron chi connectivity index (χ3n) is 6.25. The molecule has 3 aromatic carbocycles. The third-order valence-corrected chi connectivity index (χ3v) is 8.77. The van der Waals surface area contributed by atoms with Crippen LogP contribution >= 0.6 is 11.8 Å². The van der Waals surface area contributed by atoms with Gasteiger partial charge in [0.1, 0.15) is 11.6 Å². The predicted molar refractivity (Wildman–Crippen MR) is 146 cm³/mol. The molecule has 0 spiro atoms. The van der Waals surface area contributed by atoms with Crippen molar-refractivity contribution in [2.24, 2.45) is 0 Å². The number of aromatic nitrogens is 2. The molecular formula is C28H24N4O2S2. The maximum Gasteiger partial charge on any atom is 0.240 e. The zero-order chi connectivity index (χ0) is 24.7. The van der Waals surface area contributed by atoms with Gasteiger partial charge in [0.2, 0.25) is 10.0 Å². The van der Waals surface area contributed by atoms with Gasteiger partial charge in [-0.15, -0.1) is 0 Å². The van der Waals surface area contributed by atoms with Gasteiger partial charge in [-0.3, -0.25) is 0 Å². The molecule has 8 heteroatoms. The van der Waals surface area contributed by atoms with E-state index < -0.39 is 10.0 Å². The molecule has 180 valence electrons. The largest absolute Gasteiger partial charge is 0.309 e. The number of nitrogens with one attached hydrogen (secondary N) is 1. The minimum atomic E-state index is -3.56. The van der Waals surface area contributed by atoms with Gasteiger partial charge in [-0.05, 0) is 49.7 Å². The molecule has 1 aliphatic heterocycles. The molecule has 0 fully saturated rings. The average Bonchev–Trinajstić information content (AvgIpc) is 2.88. The van der Waals surface area contributed by atoms with Crippen LogP contribution in [0.25, 0.3) is 21.8 Å². The molecule has 0 saturated heterocycles. The van der Waals surface area contributed by atoms with E-state index in [1.807, 2.05) is 43.3 Å². The molecule has 6 rings (SSSR count). The number of fused-ring (bicyclic) bond motifs is 4. The summed E-state index contributed by atoms with van der Waals surface area (Å²) in [6, 6.07) is 27.4. The molecule has 0 aliphatic carbocycles. The molecular weight excluding hydrogens is 488 g/mol. The summed E-state index contributed by atoms with van der Waals surface area (Å²) in [5.74, 6) is 1.71. The van der Waals surface area contributed by atoms with E-state index in [4.69, 9.17) is 9.97 Å². The van der Waals surface area contributed by atoms with Crippen molar-refractivity contribution >= 4 is 55.2 Å². The van der Waals surface area contributed by atoms with E-state index >= 15 is 0 Å². The number of sulfonamides is 1. The zero-order valence-corrected chi connectivity index (χ0v) is 21.3. The van der Waals surface area contributed by atoms with E-state index in [1.165, 1.54) is 0 Å². The van der Waals surface area contributed by atoms with E-state index in [0.29, 0.717) is 19.5 Å². The van der Waals surface area contributed by atoms with Crippen molar-refractivity contribution in [3.05, 3.63) is 90.5 Å². The molecule has 3 heterocycles. The summed E-state index contributed by atoms with van der Waals surface area (Å²) in [5, 5.41) is 2.18. The topological polar surface area (TPSA) is 75.2 Å². The Balaban J connectivity index is 1.31. The standard InChI is InChI=1S/C28H24N4O2S2/c1-19-11-13-22(14-12-19)36(33,34)29-15-6-16-32-27-25(17-20-7-2-4-9-23(20)30-27)35-26-18-21-8-3-5-10-24(21)31-28(26)32/h2-5,7-14,17-18,29H,6,15-16H2,1H3. The summed E-state index contributed by atoms with van der Waals surface area (Å²) in [6.07, 6.45) is 0.595. The predicted octanol–water partition coefficient (Wildman–Crippen LogP) is 6.06. The molecule has 0 saturated carbocycles. The molecule has 2 aromatic heterocycles. The molecule has 6 nitrogen and oxygen atoms in total. The van der Waals surface area contributed by atoms with Crippen LogP contribution in [0.1, 0.15) is 12.0 Å². The van der Waals surface area contributed by atoms with E-state index in [2.05, 4.69) is 33.9 Å². The van der Waals surface area contributed by atoms with Crippen molar-refractivity contribution in [1.82, 2.24) is 14.7 Å². The maximum atomic E-state index is 12.7. The van der Waals surface area contributed by atoms with Gasteiger partial charge >= 0.3 is 0 Å². The monoisotopic (exact) mass is 512 g/mol. The van der Waals surface area contributed by atoms with Gasteiger partial charge in [0.25, 0.3) is 0 Å². The molecule has 0 unspecified atom stereocenters. The zero-order valence-electron chi connectivity index (χ0n) is 19.7. The molecule has 0 radical (unpaired) electrons. The van der Waals surface area contributed by atoms with Gasteiger partial charge in [-0.1, -0.05) is 65.9 Å². The van der Waals surface area contributed by atoms with Gasteiger partial charge in [0.05, 0.1) is 25.7 Å². The van der Waals surface area contributed by atoms with Gasteiger partial charge in [0, 0.05) is 23.9 Å². The second-order valence-corrected chi connectivity index (χ2v) is 11.7. The van der Waals surface area contributed by atoms with E-state index in [-0.39, 0.29) is 4.90 Å². The summed E-state index contributed by atoms with van der Waals surface area (Å²) in [6.45, 7) is 2.82. The summed E-state index contributed by atoms with van der Waals surface area (Å²) < 4.78 is 28.2. The highest BCUT2D eigenvalue weighted by molar-refractivity contribution is 7.99. The average molecular weight is 513 g/mol. The number of para-hydroxylation sites is 2.